The van der Waals surface area contributed by atoms with Crippen molar-refractivity contribution in [2.45, 2.75) is 23.6 Å². The Morgan fingerprint density at radius 3 is 1.15 bits per heavy atom. The van der Waals surface area contributed by atoms with E-state index in [9.17, 15) is 54.7 Å². The number of ether oxygens (including phenoxy) is 2. The molecule has 0 unspecified atom stereocenters. The first kappa shape index (κ1) is 65.1. The normalized spacial score (nSPS) is 13.3. The number of hydrogen-bond acceptors (Lipinski definition) is 18. The van der Waals surface area contributed by atoms with Crippen LogP contribution < -0.4 is 41.6 Å². The van der Waals surface area contributed by atoms with Gasteiger partial charge < -0.3 is 39.8 Å². The van der Waals surface area contributed by atoms with Crippen molar-refractivity contribution in [2.24, 2.45) is 10.2 Å². The molecule has 0 bridgehead atoms. The van der Waals surface area contributed by atoms with E-state index in [-0.39, 0.29) is 82.8 Å². The van der Waals surface area contributed by atoms with E-state index in [0.717, 1.165) is 24.3 Å². The van der Waals surface area contributed by atoms with E-state index in [4.69, 9.17) is 9.47 Å². The molecule has 0 radical (unpaired) electrons. The van der Waals surface area contributed by atoms with Gasteiger partial charge in [-0.15, -0.1) is 0 Å². The van der Waals surface area contributed by atoms with Crippen molar-refractivity contribution in [1.82, 2.24) is 0 Å². The average Bonchev–Trinajstić information content (AvgIpc) is 1.85. The van der Waals surface area contributed by atoms with E-state index in [1.165, 1.54) is 62.8 Å². The van der Waals surface area contributed by atoms with Gasteiger partial charge in [-0.1, -0.05) is 72.8 Å². The Bertz CT molecular complexity index is 4230. The first-order valence-corrected chi connectivity index (χ1v) is 29.1. The average molecular weight is 1260 g/mol. The van der Waals surface area contributed by atoms with Crippen molar-refractivity contribution in [3.63, 3.8) is 0 Å². The summed E-state index contributed by atoms with van der Waals surface area (Å²) in [5, 5.41) is 19.3. The molecule has 89 heavy (non-hydrogen) atoms. The first-order valence-electron chi connectivity index (χ1n) is 26.3. The van der Waals surface area contributed by atoms with Crippen LogP contribution in [0.5, 0.6) is 11.5 Å². The summed E-state index contributed by atoms with van der Waals surface area (Å²) in [7, 11) is -6.33. The second kappa shape index (κ2) is 28.3. The van der Waals surface area contributed by atoms with Crippen molar-refractivity contribution in [3.05, 3.63) is 238 Å². The molecule has 2 aliphatic rings. The van der Waals surface area contributed by atoms with Gasteiger partial charge in [-0.3, -0.25) is 39.6 Å². The van der Waals surface area contributed by atoms with Gasteiger partial charge in [-0.05, 0) is 157 Å². The van der Waals surface area contributed by atoms with Gasteiger partial charge in [0.1, 0.15) is 43.2 Å². The van der Waals surface area contributed by atoms with E-state index in [2.05, 4.69) is 42.3 Å². The van der Waals surface area contributed by atoms with E-state index in [1.54, 1.807) is 135 Å². The van der Waals surface area contributed by atoms with E-state index < -0.39 is 65.2 Å². The predicted octanol–water partition coefficient (Wildman–Crippen LogP) is 8.78. The number of ketones is 2. The summed E-state index contributed by atoms with van der Waals surface area (Å²) in [6, 6.07) is 46.9. The third-order valence-corrected chi connectivity index (χ3v) is 15.1. The SMILES string of the molecule is COc1ccc(NC(=O)C2=Cc3ccccc3/C(=N/Nc3cc(C(=O)Nc4cccc(S(=O)(=O)[O-])c4)ccc3C)C2=O)cc1.COc1ccc(NC(=O)C2=Cc3ccccc3C(=NNc3cc(C(=O)Nc4cccc(S(=O)(=O)[O-])c4)ccc3C)C2=O)cc1.[Ca+2]. The summed E-state index contributed by atoms with van der Waals surface area (Å²) in [5.41, 5.74) is 11.6. The molecule has 0 saturated carbocycles. The standard InChI is InChI=1S/2C32H26N4O7S.Ca/c2*1-19-10-11-21(31(38)34-23-7-5-8-25(18-23)44(40,41)42)17-28(19)35-36-29-26-9-4-3-6-20(26)16-27(30(29)37)32(39)33-22-12-14-24(43-2)15-13-22;/h2*3-18,35H,1-2H3,(H,33,39)(H,34,38)(H,40,41,42);/q;;+2/p-2/b36-29-;;. The minimum absolute atomic E-state index is 0. The topological polar surface area (TPSA) is 332 Å². The van der Waals surface area contributed by atoms with Crippen LogP contribution in [0.4, 0.5) is 34.1 Å². The van der Waals surface area contributed by atoms with Gasteiger partial charge in [0.25, 0.3) is 23.6 Å². The van der Waals surface area contributed by atoms with Gasteiger partial charge >= 0.3 is 37.7 Å². The molecule has 8 aromatic rings. The molecule has 6 N–H and O–H groups in total. The van der Waals surface area contributed by atoms with Crippen molar-refractivity contribution in [2.75, 3.05) is 46.3 Å². The maximum absolute atomic E-state index is 13.6. The maximum Gasteiger partial charge on any atom is 2.00 e. The van der Waals surface area contributed by atoms with Crippen molar-refractivity contribution >= 4 is 151 Å². The number of carbonyl (C=O) groups is 6. The number of hydrogen-bond donors (Lipinski definition) is 6. The molecule has 0 atom stereocenters. The molecule has 0 aliphatic heterocycles. The summed E-state index contributed by atoms with van der Waals surface area (Å²) in [5.74, 6) is -2.31. The van der Waals surface area contributed by atoms with Gasteiger partial charge in [0.2, 0.25) is 11.6 Å². The van der Waals surface area contributed by atoms with Crippen molar-refractivity contribution in [3.8, 4) is 11.5 Å². The molecule has 444 valence electrons. The Morgan fingerprint density at radius 2 is 0.787 bits per heavy atom. The fourth-order valence-corrected chi connectivity index (χ4v) is 9.82. The molecule has 0 spiro atoms. The van der Waals surface area contributed by atoms with Crippen LogP contribution in [0.15, 0.2) is 213 Å². The maximum atomic E-state index is 13.6. The molecule has 2 aliphatic carbocycles. The van der Waals surface area contributed by atoms with Gasteiger partial charge in [0.05, 0.1) is 46.5 Å². The molecule has 10 rings (SSSR count). The summed E-state index contributed by atoms with van der Waals surface area (Å²) >= 11 is 0. The summed E-state index contributed by atoms with van der Waals surface area (Å²) < 4.78 is 78.3. The number of carbonyl (C=O) groups excluding carboxylic acids is 6. The minimum atomic E-state index is -4.70. The molecule has 22 nitrogen and oxygen atoms in total. The zero-order valence-corrected chi connectivity index (χ0v) is 51.5. The Balaban J connectivity index is 0.000000228. The molecule has 0 heterocycles. The zero-order valence-electron chi connectivity index (χ0n) is 47.6. The van der Waals surface area contributed by atoms with Crippen LogP contribution in [-0.2, 0) is 39.4 Å². The Kier molecular flexibility index (Phi) is 20.7. The van der Waals surface area contributed by atoms with Crippen molar-refractivity contribution < 1.29 is 64.2 Å². The monoisotopic (exact) mass is 1260 g/mol. The number of nitrogens with one attached hydrogen (secondary N) is 6. The van der Waals surface area contributed by atoms with Gasteiger partial charge in [0.15, 0.2) is 0 Å². The Labute approximate surface area is 540 Å². The zero-order chi connectivity index (χ0) is 62.9. The smallest absolute Gasteiger partial charge is 0.744 e. The molecule has 25 heteroatoms. The fourth-order valence-electron chi connectivity index (χ4n) is 8.79. The number of methoxy groups -OCH3 is 2. The van der Waals surface area contributed by atoms with Gasteiger partial charge in [-0.2, -0.15) is 10.2 Å². The van der Waals surface area contributed by atoms with Gasteiger partial charge in [-0.25, -0.2) is 16.8 Å². The summed E-state index contributed by atoms with van der Waals surface area (Å²) in [6.45, 7) is 3.55. The van der Waals surface area contributed by atoms with Crippen LogP contribution in [0.1, 0.15) is 54.1 Å². The number of amides is 4. The minimum Gasteiger partial charge on any atom is -0.744 e. The predicted molar refractivity (Wildman–Crippen MR) is 335 cm³/mol. The number of hydrazone groups is 2. The second-order valence-corrected chi connectivity index (χ2v) is 22.1. The number of benzene rings is 8. The molecule has 0 aromatic heterocycles. The third-order valence-electron chi connectivity index (χ3n) is 13.5. The third kappa shape index (κ3) is 16.0. The van der Waals surface area contributed by atoms with Crippen LogP contribution in [0.3, 0.4) is 0 Å². The number of Topliss-reactive ketones (excluding diaryl/α,β-unsaturated/α-hetero) is 2. The number of rotatable bonds is 16. The quantitative estimate of drug-likeness (QED) is 0.0228. The van der Waals surface area contributed by atoms with E-state index in [0.29, 0.717) is 67.6 Å². The van der Waals surface area contributed by atoms with Crippen LogP contribution in [0.25, 0.3) is 12.2 Å². The molecule has 0 fully saturated rings. The van der Waals surface area contributed by atoms with Gasteiger partial charge in [0, 0.05) is 45.0 Å². The summed E-state index contributed by atoms with van der Waals surface area (Å²) in [4.78, 5) is 78.4. The van der Waals surface area contributed by atoms with Crippen LogP contribution in [0, 0.1) is 13.8 Å². The van der Waals surface area contributed by atoms with Crippen molar-refractivity contribution in [1.29, 1.82) is 0 Å². The van der Waals surface area contributed by atoms with E-state index >= 15 is 0 Å². The van der Waals surface area contributed by atoms with E-state index in [1.807, 2.05) is 0 Å². The molecular weight excluding hydrogens is 1210 g/mol. The Morgan fingerprint density at radius 1 is 0.427 bits per heavy atom. The number of nitrogens with zero attached hydrogens (tertiary/aromatic N) is 2. The Hall–Kier alpha value is -9.92. The second-order valence-electron chi connectivity index (χ2n) is 19.4. The molecule has 0 saturated heterocycles. The molecule has 8 aromatic carbocycles. The molecule has 4 amide bonds. The number of aryl methyl sites for hydroxylation is 2. The van der Waals surface area contributed by atoms with Crippen LogP contribution in [-0.4, -0.2) is 125 Å². The summed E-state index contributed by atoms with van der Waals surface area (Å²) in [6.07, 6.45) is 3.03. The number of anilines is 6. The largest absolute Gasteiger partial charge is 2.00 e. The number of fused-ring (bicyclic) bond motifs is 2. The first-order chi connectivity index (χ1) is 42.1. The fraction of sp³-hybridized carbons (Fsp3) is 0.0625. The van der Waals surface area contributed by atoms with Crippen LogP contribution in [0.2, 0.25) is 0 Å². The molecular formula is C64H50CaN8O14S2. The van der Waals surface area contributed by atoms with Crippen LogP contribution >= 0.6 is 0 Å².